The molecule has 0 bridgehead atoms. The molecule has 114 valence electrons. The van der Waals surface area contributed by atoms with Crippen molar-refractivity contribution in [2.45, 2.75) is 12.6 Å². The number of nitrogens with zero attached hydrogens (tertiary/aromatic N) is 1. The summed E-state index contributed by atoms with van der Waals surface area (Å²) in [6.07, 6.45) is 0. The van der Waals surface area contributed by atoms with Gasteiger partial charge in [0.15, 0.2) is 0 Å². The van der Waals surface area contributed by atoms with Crippen molar-refractivity contribution in [2.24, 2.45) is 0 Å². The van der Waals surface area contributed by atoms with Crippen LogP contribution in [0.15, 0.2) is 30.3 Å². The van der Waals surface area contributed by atoms with E-state index in [-0.39, 0.29) is 18.5 Å². The molecule has 2 rings (SSSR count). The molecule has 0 saturated carbocycles. The Hall–Kier alpha value is -1.53. The molecule has 1 fully saturated rings. The molecule has 1 aliphatic heterocycles. The third-order valence-electron chi connectivity index (χ3n) is 3.30. The molecule has 1 unspecified atom stereocenters. The van der Waals surface area contributed by atoms with Gasteiger partial charge in [0.1, 0.15) is 6.54 Å². The van der Waals surface area contributed by atoms with Crippen LogP contribution in [0.3, 0.4) is 0 Å². The van der Waals surface area contributed by atoms with E-state index < -0.39 is 5.97 Å². The molecule has 0 spiro atoms. The molecule has 6 heteroatoms. The molecule has 1 aromatic carbocycles. The fraction of sp³-hybridized carbons (Fsp3) is 0.467. The third kappa shape index (κ3) is 4.75. The van der Waals surface area contributed by atoms with Gasteiger partial charge < -0.3 is 15.0 Å². The maximum atomic E-state index is 12.6. The number of methoxy groups -OCH3 is 1. The van der Waals surface area contributed by atoms with E-state index >= 15 is 0 Å². The molecule has 0 aromatic heterocycles. The van der Waals surface area contributed by atoms with Crippen LogP contribution in [-0.2, 0) is 20.9 Å². The number of nitrogens with one attached hydrogen (secondary N) is 1. The van der Waals surface area contributed by atoms with Crippen molar-refractivity contribution < 1.29 is 14.3 Å². The zero-order valence-electron chi connectivity index (χ0n) is 12.1. The normalized spacial score (nSPS) is 18.0. The van der Waals surface area contributed by atoms with Crippen molar-refractivity contribution in [3.8, 4) is 0 Å². The van der Waals surface area contributed by atoms with Crippen LogP contribution in [0.4, 0.5) is 0 Å². The summed E-state index contributed by atoms with van der Waals surface area (Å²) in [7, 11) is 1.34. The summed E-state index contributed by atoms with van der Waals surface area (Å²) in [5, 5.41) is 3.21. The van der Waals surface area contributed by atoms with Crippen molar-refractivity contribution in [1.82, 2.24) is 10.2 Å². The molecule has 0 radical (unpaired) electrons. The molecule has 21 heavy (non-hydrogen) atoms. The van der Waals surface area contributed by atoms with Gasteiger partial charge in [-0.05, 0) is 5.56 Å². The first-order valence-electron chi connectivity index (χ1n) is 6.91. The SMILES string of the molecule is COC(=O)CN(Cc1ccccc1)C(=O)C1CSCCN1. The summed E-state index contributed by atoms with van der Waals surface area (Å²) in [4.78, 5) is 25.7. The summed E-state index contributed by atoms with van der Waals surface area (Å²) in [5.74, 6) is 1.31. The lowest BCUT2D eigenvalue weighted by molar-refractivity contribution is -0.148. The lowest BCUT2D eigenvalue weighted by Crippen LogP contribution is -2.51. The topological polar surface area (TPSA) is 58.6 Å². The van der Waals surface area contributed by atoms with E-state index in [0.29, 0.717) is 6.54 Å². The van der Waals surface area contributed by atoms with Gasteiger partial charge in [-0.3, -0.25) is 9.59 Å². The number of amides is 1. The quantitative estimate of drug-likeness (QED) is 0.819. The number of ether oxygens (including phenoxy) is 1. The number of thioether (sulfide) groups is 1. The van der Waals surface area contributed by atoms with E-state index in [1.54, 1.807) is 16.7 Å². The molecule has 1 heterocycles. The van der Waals surface area contributed by atoms with Gasteiger partial charge in [0.05, 0.1) is 13.2 Å². The first-order valence-corrected chi connectivity index (χ1v) is 8.07. The van der Waals surface area contributed by atoms with E-state index in [9.17, 15) is 9.59 Å². The lowest BCUT2D eigenvalue weighted by atomic mass is 10.2. The Morgan fingerprint density at radius 3 is 2.76 bits per heavy atom. The first kappa shape index (κ1) is 15.9. The molecule has 0 aliphatic carbocycles. The van der Waals surface area contributed by atoms with Crippen molar-refractivity contribution in [1.29, 1.82) is 0 Å². The molecule has 1 saturated heterocycles. The highest BCUT2D eigenvalue weighted by Crippen LogP contribution is 2.12. The average Bonchev–Trinajstić information content (AvgIpc) is 2.55. The number of benzene rings is 1. The summed E-state index contributed by atoms with van der Waals surface area (Å²) in [6.45, 7) is 1.21. The van der Waals surface area contributed by atoms with Gasteiger partial charge in [-0.1, -0.05) is 30.3 Å². The molecule has 5 nitrogen and oxygen atoms in total. The van der Waals surface area contributed by atoms with Crippen LogP contribution in [0.2, 0.25) is 0 Å². The smallest absolute Gasteiger partial charge is 0.325 e. The lowest BCUT2D eigenvalue weighted by Gasteiger charge is -2.29. The highest BCUT2D eigenvalue weighted by atomic mass is 32.2. The maximum absolute atomic E-state index is 12.6. The minimum atomic E-state index is -0.400. The Kier molecular flexibility index (Phi) is 6.07. The highest BCUT2D eigenvalue weighted by Gasteiger charge is 2.27. The number of rotatable bonds is 5. The second-order valence-corrected chi connectivity index (χ2v) is 5.99. The second kappa shape index (κ2) is 8.05. The Labute approximate surface area is 129 Å². The van der Waals surface area contributed by atoms with Gasteiger partial charge in [0.25, 0.3) is 0 Å². The third-order valence-corrected chi connectivity index (χ3v) is 4.36. The van der Waals surface area contributed by atoms with Gasteiger partial charge in [-0.25, -0.2) is 0 Å². The van der Waals surface area contributed by atoms with E-state index in [1.807, 2.05) is 30.3 Å². The predicted octanol–water partition coefficient (Wildman–Crippen LogP) is 0.893. The fourth-order valence-corrected chi connectivity index (χ4v) is 3.11. The molecule has 1 N–H and O–H groups in total. The van der Waals surface area contributed by atoms with Gasteiger partial charge in [-0.2, -0.15) is 11.8 Å². The molecular formula is C15H20N2O3S. The van der Waals surface area contributed by atoms with E-state index in [1.165, 1.54) is 7.11 Å². The summed E-state index contributed by atoms with van der Waals surface area (Å²) < 4.78 is 4.70. The fourth-order valence-electron chi connectivity index (χ4n) is 2.18. The molecule has 1 aromatic rings. The van der Waals surface area contributed by atoms with Crippen LogP contribution in [0.1, 0.15) is 5.56 Å². The Balaban J connectivity index is 2.07. The van der Waals surface area contributed by atoms with Crippen LogP contribution >= 0.6 is 11.8 Å². The Morgan fingerprint density at radius 2 is 2.14 bits per heavy atom. The van der Waals surface area contributed by atoms with Crippen LogP contribution in [0, 0.1) is 0 Å². The zero-order valence-corrected chi connectivity index (χ0v) is 12.9. The number of hydrogen-bond acceptors (Lipinski definition) is 5. The molecule has 1 amide bonds. The molecule has 1 atom stereocenters. The highest BCUT2D eigenvalue weighted by molar-refractivity contribution is 7.99. The monoisotopic (exact) mass is 308 g/mol. The van der Waals surface area contributed by atoms with Gasteiger partial charge in [-0.15, -0.1) is 0 Å². The minimum Gasteiger partial charge on any atom is -0.468 e. The Bertz CT molecular complexity index is 475. The number of esters is 1. The Morgan fingerprint density at radius 1 is 1.38 bits per heavy atom. The minimum absolute atomic E-state index is 0.0208. The van der Waals surface area contributed by atoms with E-state index in [4.69, 9.17) is 4.74 Å². The maximum Gasteiger partial charge on any atom is 0.325 e. The summed E-state index contributed by atoms with van der Waals surface area (Å²) in [6, 6.07) is 9.43. The van der Waals surface area contributed by atoms with Gasteiger partial charge in [0, 0.05) is 24.6 Å². The molecule has 1 aliphatic rings. The number of carbonyl (C=O) groups is 2. The van der Waals surface area contributed by atoms with Crippen molar-refractivity contribution in [3.63, 3.8) is 0 Å². The summed E-state index contributed by atoms with van der Waals surface area (Å²) >= 11 is 1.75. The van der Waals surface area contributed by atoms with Crippen molar-refractivity contribution in [3.05, 3.63) is 35.9 Å². The van der Waals surface area contributed by atoms with Crippen LogP contribution in [0.25, 0.3) is 0 Å². The summed E-state index contributed by atoms with van der Waals surface area (Å²) in [5.41, 5.74) is 0.998. The first-order chi connectivity index (χ1) is 10.2. The molecular weight excluding hydrogens is 288 g/mol. The van der Waals surface area contributed by atoms with Gasteiger partial charge in [0.2, 0.25) is 5.91 Å². The van der Waals surface area contributed by atoms with Crippen LogP contribution in [-0.4, -0.2) is 54.5 Å². The standard InChI is InChI=1S/C15H20N2O3S/c1-20-14(18)10-17(9-12-5-3-2-4-6-12)15(19)13-11-21-8-7-16-13/h2-6,13,16H,7-11H2,1H3. The van der Waals surface area contributed by atoms with Gasteiger partial charge >= 0.3 is 5.97 Å². The number of hydrogen-bond donors (Lipinski definition) is 1. The average molecular weight is 308 g/mol. The van der Waals surface area contributed by atoms with Crippen LogP contribution < -0.4 is 5.32 Å². The number of carbonyl (C=O) groups excluding carboxylic acids is 2. The van der Waals surface area contributed by atoms with E-state index in [0.717, 1.165) is 23.6 Å². The largest absolute Gasteiger partial charge is 0.468 e. The zero-order chi connectivity index (χ0) is 15.1. The van der Waals surface area contributed by atoms with Crippen LogP contribution in [0.5, 0.6) is 0 Å². The van der Waals surface area contributed by atoms with E-state index in [2.05, 4.69) is 5.32 Å². The second-order valence-electron chi connectivity index (χ2n) is 4.84. The van der Waals surface area contributed by atoms with Crippen molar-refractivity contribution >= 4 is 23.6 Å². The van der Waals surface area contributed by atoms with Crippen molar-refractivity contribution in [2.75, 3.05) is 31.7 Å². The predicted molar refractivity (Wildman–Crippen MR) is 83.0 cm³/mol.